The summed E-state index contributed by atoms with van der Waals surface area (Å²) >= 11 is 0. The molecule has 0 saturated heterocycles. The molecule has 0 aliphatic heterocycles. The molecule has 0 radical (unpaired) electrons. The maximum Gasteiger partial charge on any atom is 0.241 e. The van der Waals surface area contributed by atoms with E-state index in [-0.39, 0.29) is 23.8 Å². The molecule has 0 aliphatic carbocycles. The number of hydrogen-bond acceptors (Lipinski definition) is 3. The highest BCUT2D eigenvalue weighted by Gasteiger charge is 2.11. The third kappa shape index (κ3) is 5.09. The van der Waals surface area contributed by atoms with Crippen molar-refractivity contribution in [2.45, 2.75) is 11.8 Å². The average Bonchev–Trinajstić information content (AvgIpc) is 2.52. The van der Waals surface area contributed by atoms with Crippen LogP contribution >= 0.6 is 0 Å². The Morgan fingerprint density at radius 2 is 1.78 bits per heavy atom. The van der Waals surface area contributed by atoms with Crippen LogP contribution in [0.5, 0.6) is 5.75 Å². The molecule has 0 amide bonds. The van der Waals surface area contributed by atoms with Crippen molar-refractivity contribution < 1.29 is 17.5 Å². The van der Waals surface area contributed by atoms with E-state index in [1.165, 1.54) is 24.3 Å². The summed E-state index contributed by atoms with van der Waals surface area (Å²) in [7, 11) is -3.58. The van der Waals surface area contributed by atoms with Crippen LogP contribution in [0.25, 0.3) is 0 Å². The summed E-state index contributed by atoms with van der Waals surface area (Å²) < 4.78 is 44.8. The minimum absolute atomic E-state index is 0.0206. The normalized spacial score (nSPS) is 10.7. The van der Waals surface area contributed by atoms with Gasteiger partial charge in [-0.05, 0) is 31.2 Å². The van der Waals surface area contributed by atoms with E-state index < -0.39 is 15.8 Å². The van der Waals surface area contributed by atoms with E-state index in [9.17, 15) is 12.8 Å². The highest BCUT2D eigenvalue weighted by Crippen LogP contribution is 2.14. The summed E-state index contributed by atoms with van der Waals surface area (Å²) in [4.78, 5) is 0.188. The smallest absolute Gasteiger partial charge is 0.241 e. The van der Waals surface area contributed by atoms with Gasteiger partial charge in [-0.2, -0.15) is 4.72 Å². The van der Waals surface area contributed by atoms with E-state index in [0.29, 0.717) is 0 Å². The molecular weight excluding hydrogens is 317 g/mol. The Morgan fingerprint density at radius 1 is 1.09 bits per heavy atom. The van der Waals surface area contributed by atoms with Crippen molar-refractivity contribution in [3.8, 4) is 17.6 Å². The Labute approximate surface area is 135 Å². The van der Waals surface area contributed by atoms with Gasteiger partial charge in [0.05, 0.1) is 11.4 Å². The molecule has 0 saturated carbocycles. The van der Waals surface area contributed by atoms with Gasteiger partial charge in [0.2, 0.25) is 10.0 Å². The second kappa shape index (κ2) is 7.77. The Balaban J connectivity index is 1.83. The molecular formula is C17H16FNO3S. The highest BCUT2D eigenvalue weighted by molar-refractivity contribution is 7.89. The van der Waals surface area contributed by atoms with Gasteiger partial charge in [-0.15, -0.1) is 0 Å². The molecule has 2 rings (SSSR count). The third-order valence-electron chi connectivity index (χ3n) is 2.94. The van der Waals surface area contributed by atoms with Crippen molar-refractivity contribution in [2.75, 3.05) is 13.2 Å². The van der Waals surface area contributed by atoms with E-state index in [1.807, 2.05) is 6.92 Å². The Morgan fingerprint density at radius 3 is 2.48 bits per heavy atom. The minimum atomic E-state index is -3.58. The van der Waals surface area contributed by atoms with Gasteiger partial charge >= 0.3 is 0 Å². The van der Waals surface area contributed by atoms with Gasteiger partial charge in [-0.25, -0.2) is 12.8 Å². The van der Waals surface area contributed by atoms with E-state index >= 15 is 0 Å². The summed E-state index contributed by atoms with van der Waals surface area (Å²) in [6.45, 7) is 1.81. The molecule has 0 unspecified atom stereocenters. The summed E-state index contributed by atoms with van der Waals surface area (Å²) in [5, 5.41) is 0. The van der Waals surface area contributed by atoms with Crippen LogP contribution in [0.4, 0.5) is 4.39 Å². The summed E-state index contributed by atoms with van der Waals surface area (Å²) in [6, 6.07) is 12.5. The molecule has 0 bridgehead atoms. The minimum Gasteiger partial charge on any atom is -0.478 e. The molecule has 6 heteroatoms. The number of sulfonamides is 1. The van der Waals surface area contributed by atoms with Crippen LogP contribution in [-0.2, 0) is 10.0 Å². The van der Waals surface area contributed by atoms with Gasteiger partial charge < -0.3 is 4.74 Å². The summed E-state index contributed by atoms with van der Waals surface area (Å²) in [5.74, 6) is 4.90. The standard InChI is InChI=1S/C17H16FNO3S/c1-14-8-10-15(11-9-14)23(20,21)19-12-4-5-13-22-17-7-3-2-6-16(17)18/h2-3,6-11,19H,12-13H2,1H3. The zero-order valence-electron chi connectivity index (χ0n) is 12.5. The lowest BCUT2D eigenvalue weighted by Gasteiger charge is -2.04. The maximum atomic E-state index is 13.3. The van der Waals surface area contributed by atoms with Crippen LogP contribution in [0.1, 0.15) is 5.56 Å². The Hall–Kier alpha value is -2.36. The maximum absolute atomic E-state index is 13.3. The predicted octanol–water partition coefficient (Wildman–Crippen LogP) is 2.49. The molecule has 4 nitrogen and oxygen atoms in total. The van der Waals surface area contributed by atoms with Crippen LogP contribution in [0, 0.1) is 24.6 Å². The van der Waals surface area contributed by atoms with Crippen LogP contribution in [-0.4, -0.2) is 21.6 Å². The first-order chi connectivity index (χ1) is 11.0. The predicted molar refractivity (Wildman–Crippen MR) is 86.0 cm³/mol. The van der Waals surface area contributed by atoms with Crippen molar-refractivity contribution in [2.24, 2.45) is 0 Å². The van der Waals surface area contributed by atoms with Gasteiger partial charge in [0.1, 0.15) is 6.61 Å². The fraction of sp³-hybridized carbons (Fsp3) is 0.176. The van der Waals surface area contributed by atoms with Gasteiger partial charge in [0, 0.05) is 0 Å². The molecule has 0 aliphatic rings. The van der Waals surface area contributed by atoms with Gasteiger partial charge in [-0.1, -0.05) is 41.7 Å². The molecule has 0 atom stereocenters. The lowest BCUT2D eigenvalue weighted by molar-refractivity contribution is 0.348. The summed E-state index contributed by atoms with van der Waals surface area (Å²) in [6.07, 6.45) is 0. The third-order valence-corrected chi connectivity index (χ3v) is 4.36. The molecule has 23 heavy (non-hydrogen) atoms. The van der Waals surface area contributed by atoms with Crippen molar-refractivity contribution >= 4 is 10.0 Å². The first-order valence-corrected chi connectivity index (χ1v) is 8.37. The van der Waals surface area contributed by atoms with E-state index in [4.69, 9.17) is 4.74 Å². The SMILES string of the molecule is Cc1ccc(S(=O)(=O)NCC#CCOc2ccccc2F)cc1. The topological polar surface area (TPSA) is 55.4 Å². The first kappa shape index (κ1) is 17.0. The first-order valence-electron chi connectivity index (χ1n) is 6.88. The van der Waals surface area contributed by atoms with E-state index in [1.54, 1.807) is 24.3 Å². The second-order valence-electron chi connectivity index (χ2n) is 4.71. The van der Waals surface area contributed by atoms with Crippen LogP contribution in [0.3, 0.4) is 0 Å². The largest absolute Gasteiger partial charge is 0.478 e. The zero-order valence-corrected chi connectivity index (χ0v) is 13.4. The Bertz CT molecular complexity index is 821. The fourth-order valence-corrected chi connectivity index (χ4v) is 2.64. The second-order valence-corrected chi connectivity index (χ2v) is 6.48. The lowest BCUT2D eigenvalue weighted by Crippen LogP contribution is -2.24. The molecule has 2 aromatic rings. The van der Waals surface area contributed by atoms with Crippen LogP contribution in [0.15, 0.2) is 53.4 Å². The number of aryl methyl sites for hydroxylation is 1. The monoisotopic (exact) mass is 333 g/mol. The number of nitrogens with one attached hydrogen (secondary N) is 1. The van der Waals surface area contributed by atoms with E-state index in [0.717, 1.165) is 5.56 Å². The van der Waals surface area contributed by atoms with E-state index in [2.05, 4.69) is 16.6 Å². The highest BCUT2D eigenvalue weighted by atomic mass is 32.2. The fourth-order valence-electron chi connectivity index (χ4n) is 1.72. The van der Waals surface area contributed by atoms with Crippen LogP contribution in [0.2, 0.25) is 0 Å². The number of halogens is 1. The lowest BCUT2D eigenvalue weighted by atomic mass is 10.2. The van der Waals surface area contributed by atoms with Crippen molar-refractivity contribution in [1.29, 1.82) is 0 Å². The van der Waals surface area contributed by atoms with Crippen molar-refractivity contribution in [3.05, 3.63) is 59.9 Å². The van der Waals surface area contributed by atoms with Gasteiger partial charge in [0.15, 0.2) is 11.6 Å². The summed E-state index contributed by atoms with van der Waals surface area (Å²) in [5.41, 5.74) is 0.981. The van der Waals surface area contributed by atoms with Gasteiger partial charge in [0.25, 0.3) is 0 Å². The number of rotatable bonds is 5. The number of para-hydroxylation sites is 1. The molecule has 1 N–H and O–H groups in total. The molecule has 2 aromatic carbocycles. The number of benzene rings is 2. The molecule has 0 heterocycles. The zero-order chi connectivity index (χ0) is 16.7. The average molecular weight is 333 g/mol. The molecule has 0 aromatic heterocycles. The number of ether oxygens (including phenoxy) is 1. The molecule has 0 fully saturated rings. The molecule has 120 valence electrons. The molecule has 0 spiro atoms. The van der Waals surface area contributed by atoms with Gasteiger partial charge in [-0.3, -0.25) is 0 Å². The quantitative estimate of drug-likeness (QED) is 0.856. The van der Waals surface area contributed by atoms with Crippen molar-refractivity contribution in [1.82, 2.24) is 4.72 Å². The van der Waals surface area contributed by atoms with Crippen LogP contribution < -0.4 is 9.46 Å². The van der Waals surface area contributed by atoms with Crippen molar-refractivity contribution in [3.63, 3.8) is 0 Å². The number of hydrogen-bond donors (Lipinski definition) is 1. The Kier molecular flexibility index (Phi) is 5.74.